The van der Waals surface area contributed by atoms with Gasteiger partial charge in [0.1, 0.15) is 0 Å². The van der Waals surface area contributed by atoms with E-state index in [1.54, 1.807) is 0 Å². The Labute approximate surface area is 101 Å². The zero-order valence-electron chi connectivity index (χ0n) is 10.0. The quantitative estimate of drug-likeness (QED) is 0.743. The lowest BCUT2D eigenvalue weighted by Crippen LogP contribution is -2.35. The van der Waals surface area contributed by atoms with E-state index in [-0.39, 0.29) is 6.09 Å². The Morgan fingerprint density at radius 2 is 2.06 bits per heavy atom. The van der Waals surface area contributed by atoms with Crippen molar-refractivity contribution in [2.45, 2.75) is 37.3 Å². The van der Waals surface area contributed by atoms with Gasteiger partial charge >= 0.3 is 6.09 Å². The Morgan fingerprint density at radius 1 is 1.29 bits per heavy atom. The Kier molecular flexibility index (Phi) is 2.54. The first kappa shape index (κ1) is 10.6. The molecular weight excluding hydrogens is 214 g/mol. The van der Waals surface area contributed by atoms with Crippen LogP contribution >= 0.6 is 0 Å². The second-order valence-corrected chi connectivity index (χ2v) is 4.93. The minimum absolute atomic E-state index is 0.157. The monoisotopic (exact) mass is 231 g/mol. The molecule has 90 valence electrons. The molecule has 2 aliphatic rings. The SMILES string of the molecule is COC(=O)N1C2CCC1C(c1ccccc1)C2. The summed E-state index contributed by atoms with van der Waals surface area (Å²) < 4.78 is 4.89. The molecule has 3 heteroatoms. The first-order valence-electron chi connectivity index (χ1n) is 6.22. The van der Waals surface area contributed by atoms with E-state index in [2.05, 4.69) is 24.3 Å². The molecule has 0 N–H and O–H groups in total. The summed E-state index contributed by atoms with van der Waals surface area (Å²) >= 11 is 0. The number of ether oxygens (including phenoxy) is 1. The standard InChI is InChI=1S/C14H17NO2/c1-17-14(16)15-11-7-8-13(15)12(9-11)10-5-3-2-4-6-10/h2-6,11-13H,7-9H2,1H3. The maximum absolute atomic E-state index is 11.8. The fourth-order valence-corrected chi connectivity index (χ4v) is 3.44. The molecule has 1 amide bonds. The van der Waals surface area contributed by atoms with Crippen LogP contribution in [0.2, 0.25) is 0 Å². The predicted octanol–water partition coefficient (Wildman–Crippen LogP) is 2.77. The number of nitrogens with zero attached hydrogens (tertiary/aromatic N) is 1. The molecule has 2 heterocycles. The van der Waals surface area contributed by atoms with Crippen molar-refractivity contribution in [1.29, 1.82) is 0 Å². The number of benzene rings is 1. The van der Waals surface area contributed by atoms with E-state index in [0.717, 1.165) is 19.3 Å². The van der Waals surface area contributed by atoms with Crippen LogP contribution in [0.3, 0.4) is 0 Å². The van der Waals surface area contributed by atoms with Gasteiger partial charge in [-0.3, -0.25) is 0 Å². The van der Waals surface area contributed by atoms with Gasteiger partial charge in [-0.1, -0.05) is 30.3 Å². The molecule has 0 aliphatic carbocycles. The largest absolute Gasteiger partial charge is 0.453 e. The molecular formula is C14H17NO2. The van der Waals surface area contributed by atoms with Crippen molar-refractivity contribution in [3.63, 3.8) is 0 Å². The van der Waals surface area contributed by atoms with E-state index in [1.165, 1.54) is 12.7 Å². The highest BCUT2D eigenvalue weighted by Crippen LogP contribution is 2.46. The average Bonchev–Trinajstić information content (AvgIpc) is 2.96. The molecule has 2 bridgehead atoms. The summed E-state index contributed by atoms with van der Waals surface area (Å²) in [5.41, 5.74) is 1.36. The maximum Gasteiger partial charge on any atom is 0.410 e. The molecule has 1 aromatic carbocycles. The van der Waals surface area contributed by atoms with E-state index in [4.69, 9.17) is 4.74 Å². The lowest BCUT2D eigenvalue weighted by atomic mass is 9.84. The second kappa shape index (κ2) is 4.06. The summed E-state index contributed by atoms with van der Waals surface area (Å²) in [6, 6.07) is 11.2. The van der Waals surface area contributed by atoms with Gasteiger partial charge in [-0.25, -0.2) is 4.79 Å². The van der Waals surface area contributed by atoms with Gasteiger partial charge in [0.25, 0.3) is 0 Å². The van der Waals surface area contributed by atoms with Crippen LogP contribution in [0.25, 0.3) is 0 Å². The lowest BCUT2D eigenvalue weighted by Gasteiger charge is -2.23. The molecule has 0 saturated carbocycles. The van der Waals surface area contributed by atoms with E-state index in [9.17, 15) is 4.79 Å². The highest BCUT2D eigenvalue weighted by Gasteiger charge is 2.49. The summed E-state index contributed by atoms with van der Waals surface area (Å²) in [5, 5.41) is 0. The number of methoxy groups -OCH3 is 1. The molecule has 1 aromatic rings. The third kappa shape index (κ3) is 1.61. The molecule has 3 rings (SSSR count). The van der Waals surface area contributed by atoms with Gasteiger partial charge in [0.05, 0.1) is 7.11 Å². The second-order valence-electron chi connectivity index (χ2n) is 4.93. The van der Waals surface area contributed by atoms with Gasteiger partial charge in [0, 0.05) is 18.0 Å². The van der Waals surface area contributed by atoms with Crippen LogP contribution < -0.4 is 0 Å². The van der Waals surface area contributed by atoms with Crippen LogP contribution in [0.4, 0.5) is 4.79 Å². The fraction of sp³-hybridized carbons (Fsp3) is 0.500. The van der Waals surface area contributed by atoms with Crippen LogP contribution in [0, 0.1) is 0 Å². The number of amides is 1. The van der Waals surface area contributed by atoms with Crippen molar-refractivity contribution in [3.8, 4) is 0 Å². The van der Waals surface area contributed by atoms with Gasteiger partial charge < -0.3 is 9.64 Å². The Morgan fingerprint density at radius 3 is 2.76 bits per heavy atom. The van der Waals surface area contributed by atoms with E-state index in [0.29, 0.717) is 18.0 Å². The third-order valence-corrected chi connectivity index (χ3v) is 4.15. The first-order chi connectivity index (χ1) is 8.31. The predicted molar refractivity (Wildman–Crippen MR) is 64.9 cm³/mol. The molecule has 17 heavy (non-hydrogen) atoms. The Balaban J connectivity index is 1.86. The first-order valence-corrected chi connectivity index (χ1v) is 6.22. The summed E-state index contributed by atoms with van der Waals surface area (Å²) in [4.78, 5) is 13.7. The number of hydrogen-bond acceptors (Lipinski definition) is 2. The van der Waals surface area contributed by atoms with Gasteiger partial charge in [0.15, 0.2) is 0 Å². The van der Waals surface area contributed by atoms with Crippen LogP contribution in [0.5, 0.6) is 0 Å². The average molecular weight is 231 g/mol. The van der Waals surface area contributed by atoms with Crippen LogP contribution in [0.15, 0.2) is 30.3 Å². The minimum atomic E-state index is -0.157. The van der Waals surface area contributed by atoms with Crippen LogP contribution in [-0.4, -0.2) is 30.2 Å². The van der Waals surface area contributed by atoms with Crippen molar-refractivity contribution in [1.82, 2.24) is 4.90 Å². The molecule has 0 aromatic heterocycles. The van der Waals surface area contributed by atoms with Crippen molar-refractivity contribution >= 4 is 6.09 Å². The summed E-state index contributed by atoms with van der Waals surface area (Å²) in [6.07, 6.45) is 3.17. The number of rotatable bonds is 1. The minimum Gasteiger partial charge on any atom is -0.453 e. The smallest absolute Gasteiger partial charge is 0.410 e. The molecule has 0 spiro atoms. The molecule has 3 nitrogen and oxygen atoms in total. The van der Waals surface area contributed by atoms with Gasteiger partial charge in [-0.2, -0.15) is 0 Å². The highest BCUT2D eigenvalue weighted by molar-refractivity contribution is 5.69. The summed E-state index contributed by atoms with van der Waals surface area (Å²) in [6.45, 7) is 0. The van der Waals surface area contributed by atoms with Crippen LogP contribution in [-0.2, 0) is 4.74 Å². The topological polar surface area (TPSA) is 29.5 Å². The Hall–Kier alpha value is -1.51. The summed E-state index contributed by atoms with van der Waals surface area (Å²) in [5.74, 6) is 0.494. The highest BCUT2D eigenvalue weighted by atomic mass is 16.5. The van der Waals surface area contributed by atoms with E-state index in [1.807, 2.05) is 11.0 Å². The van der Waals surface area contributed by atoms with Crippen molar-refractivity contribution in [3.05, 3.63) is 35.9 Å². The number of carbonyl (C=O) groups is 1. The zero-order valence-corrected chi connectivity index (χ0v) is 10.0. The van der Waals surface area contributed by atoms with Gasteiger partial charge in [-0.05, 0) is 24.8 Å². The summed E-state index contributed by atoms with van der Waals surface area (Å²) in [7, 11) is 1.47. The normalized spacial score (nSPS) is 30.6. The maximum atomic E-state index is 11.8. The fourth-order valence-electron chi connectivity index (χ4n) is 3.44. The van der Waals surface area contributed by atoms with Crippen molar-refractivity contribution < 1.29 is 9.53 Å². The van der Waals surface area contributed by atoms with Gasteiger partial charge in [-0.15, -0.1) is 0 Å². The van der Waals surface area contributed by atoms with Crippen molar-refractivity contribution in [2.24, 2.45) is 0 Å². The zero-order chi connectivity index (χ0) is 11.8. The lowest BCUT2D eigenvalue weighted by molar-refractivity contribution is 0.116. The number of carbonyl (C=O) groups excluding carboxylic acids is 1. The van der Waals surface area contributed by atoms with Crippen LogP contribution in [0.1, 0.15) is 30.7 Å². The number of hydrogen-bond donors (Lipinski definition) is 0. The van der Waals surface area contributed by atoms with E-state index < -0.39 is 0 Å². The van der Waals surface area contributed by atoms with Crippen molar-refractivity contribution in [2.75, 3.05) is 7.11 Å². The molecule has 0 radical (unpaired) electrons. The van der Waals surface area contributed by atoms with Gasteiger partial charge in [0.2, 0.25) is 0 Å². The molecule has 3 atom stereocenters. The number of fused-ring (bicyclic) bond motifs is 2. The molecule has 2 fully saturated rings. The molecule has 2 aliphatic heterocycles. The Bertz CT molecular complexity index is 417. The third-order valence-electron chi connectivity index (χ3n) is 4.15. The molecule has 3 unspecified atom stereocenters. The molecule has 2 saturated heterocycles. The van der Waals surface area contributed by atoms with E-state index >= 15 is 0 Å².